The molecule has 12 heteroatoms. The van der Waals surface area contributed by atoms with E-state index in [2.05, 4.69) is 10.0 Å². The summed E-state index contributed by atoms with van der Waals surface area (Å²) in [7, 11) is -4.04. The monoisotopic (exact) mass is 471 g/mol. The third-order valence-corrected chi connectivity index (χ3v) is 6.89. The number of piperidine rings is 1. The molecule has 1 saturated heterocycles. The van der Waals surface area contributed by atoms with Crippen LogP contribution < -0.4 is 19.5 Å². The summed E-state index contributed by atoms with van der Waals surface area (Å²) in [5.41, 5.74) is 0.0777. The third kappa shape index (κ3) is 3.57. The van der Waals surface area contributed by atoms with E-state index < -0.39 is 39.7 Å². The minimum Gasteiger partial charge on any atom is -0.486 e. The highest BCUT2D eigenvalue weighted by molar-refractivity contribution is 7.92. The molecule has 2 aromatic carbocycles. The van der Waals surface area contributed by atoms with Gasteiger partial charge in [0.1, 0.15) is 19.3 Å². The minimum absolute atomic E-state index is 0.00436. The van der Waals surface area contributed by atoms with Crippen molar-refractivity contribution < 1.29 is 37.1 Å². The Labute approximate surface area is 187 Å². The molecule has 2 N–H and O–H groups in total. The zero-order chi connectivity index (χ0) is 23.3. The van der Waals surface area contributed by atoms with Crippen LogP contribution in [0.2, 0.25) is 0 Å². The predicted molar refractivity (Wildman–Crippen MR) is 111 cm³/mol. The van der Waals surface area contributed by atoms with E-state index in [1.54, 1.807) is 0 Å². The molecule has 3 aliphatic rings. The second-order valence-corrected chi connectivity index (χ2v) is 9.30. The van der Waals surface area contributed by atoms with Crippen molar-refractivity contribution in [3.8, 4) is 11.5 Å². The molecule has 0 saturated carbocycles. The molecule has 2 aromatic rings. The van der Waals surface area contributed by atoms with Gasteiger partial charge in [0.15, 0.2) is 11.5 Å². The van der Waals surface area contributed by atoms with Gasteiger partial charge >= 0.3 is 0 Å². The van der Waals surface area contributed by atoms with E-state index in [9.17, 15) is 27.6 Å². The SMILES string of the molecule is O=C1CCC(N2C(=O)c3ccc(NS(=O)(=O)c4ccc5c(c4)OCCO5)cc3C2=O)C(=O)N1. The second-order valence-electron chi connectivity index (χ2n) is 7.62. The molecule has 5 rings (SSSR count). The number of carbonyl (C=O) groups is 4. The Hall–Kier alpha value is -3.93. The molecule has 0 aliphatic carbocycles. The van der Waals surface area contributed by atoms with Crippen LogP contribution in [-0.4, -0.2) is 56.2 Å². The van der Waals surface area contributed by atoms with Crippen LogP contribution in [0.3, 0.4) is 0 Å². The summed E-state index contributed by atoms with van der Waals surface area (Å²) < 4.78 is 38.9. The van der Waals surface area contributed by atoms with E-state index in [-0.39, 0.29) is 34.6 Å². The zero-order valence-electron chi connectivity index (χ0n) is 17.0. The largest absolute Gasteiger partial charge is 0.486 e. The fourth-order valence-corrected chi connectivity index (χ4v) is 5.00. The lowest BCUT2D eigenvalue weighted by Crippen LogP contribution is -2.54. The molecule has 11 nitrogen and oxygen atoms in total. The minimum atomic E-state index is -4.04. The average Bonchev–Trinajstić information content (AvgIpc) is 3.03. The van der Waals surface area contributed by atoms with Crippen molar-refractivity contribution in [1.82, 2.24) is 10.2 Å². The number of amides is 4. The molecule has 3 aliphatic heterocycles. The van der Waals surface area contributed by atoms with Crippen LogP contribution in [0.25, 0.3) is 0 Å². The lowest BCUT2D eigenvalue weighted by atomic mass is 10.0. The molecule has 33 heavy (non-hydrogen) atoms. The molecule has 170 valence electrons. The summed E-state index contributed by atoms with van der Waals surface area (Å²) in [6.07, 6.45) is 0.0319. The molecule has 4 amide bonds. The van der Waals surface area contributed by atoms with Crippen molar-refractivity contribution in [3.05, 3.63) is 47.5 Å². The molecule has 1 atom stereocenters. The van der Waals surface area contributed by atoms with Crippen molar-refractivity contribution in [2.45, 2.75) is 23.8 Å². The molecule has 1 unspecified atom stereocenters. The summed E-state index contributed by atoms with van der Waals surface area (Å²) in [5, 5.41) is 2.12. The van der Waals surface area contributed by atoms with Crippen molar-refractivity contribution in [1.29, 1.82) is 0 Å². The summed E-state index contributed by atoms with van der Waals surface area (Å²) in [4.78, 5) is 50.0. The Bertz CT molecular complexity index is 1340. The van der Waals surface area contributed by atoms with Crippen LogP contribution in [0.15, 0.2) is 41.3 Å². The standard InChI is InChI=1S/C21H17N3O8S/c25-18-6-4-15(19(26)22-18)24-20(27)13-3-1-11(9-14(13)21(24)28)23-33(29,30)12-2-5-16-17(10-12)32-8-7-31-16/h1-3,5,9-10,15,23H,4,6-8H2,(H,22,25,26). The number of sulfonamides is 1. The number of carbonyl (C=O) groups excluding carboxylic acids is 4. The van der Waals surface area contributed by atoms with E-state index in [0.717, 1.165) is 4.90 Å². The third-order valence-electron chi connectivity index (χ3n) is 5.52. The first kappa shape index (κ1) is 20.9. The maximum atomic E-state index is 12.9. The second kappa shape index (κ2) is 7.59. The number of fused-ring (bicyclic) bond motifs is 2. The van der Waals surface area contributed by atoms with Crippen LogP contribution in [0.5, 0.6) is 11.5 Å². The van der Waals surface area contributed by atoms with Crippen molar-refractivity contribution in [2.75, 3.05) is 17.9 Å². The summed E-state index contributed by atoms with van der Waals surface area (Å²) in [6, 6.07) is 7.01. The number of nitrogens with one attached hydrogen (secondary N) is 2. The van der Waals surface area contributed by atoms with Gasteiger partial charge in [0.05, 0.1) is 16.0 Å². The molecule has 0 aromatic heterocycles. The van der Waals surface area contributed by atoms with Crippen molar-refractivity contribution in [2.24, 2.45) is 0 Å². The van der Waals surface area contributed by atoms with Crippen LogP contribution >= 0.6 is 0 Å². The number of benzene rings is 2. The number of hydrogen-bond donors (Lipinski definition) is 2. The van der Waals surface area contributed by atoms with Crippen molar-refractivity contribution in [3.63, 3.8) is 0 Å². The first-order valence-electron chi connectivity index (χ1n) is 10.0. The fraction of sp³-hybridized carbons (Fsp3) is 0.238. The predicted octanol–water partition coefficient (Wildman–Crippen LogP) is 0.660. The van der Waals surface area contributed by atoms with Crippen molar-refractivity contribution >= 4 is 39.3 Å². The van der Waals surface area contributed by atoms with Gasteiger partial charge in [-0.1, -0.05) is 0 Å². The lowest BCUT2D eigenvalue weighted by Gasteiger charge is -2.27. The highest BCUT2D eigenvalue weighted by Gasteiger charge is 2.44. The quantitative estimate of drug-likeness (QED) is 0.618. The molecular formula is C21H17N3O8S. The number of hydrogen-bond acceptors (Lipinski definition) is 8. The summed E-state index contributed by atoms with van der Waals surface area (Å²) >= 11 is 0. The zero-order valence-corrected chi connectivity index (χ0v) is 17.8. The van der Waals surface area contributed by atoms with E-state index in [1.165, 1.54) is 36.4 Å². The maximum absolute atomic E-state index is 12.9. The van der Waals surface area contributed by atoms with Gasteiger partial charge in [0.2, 0.25) is 11.8 Å². The van der Waals surface area contributed by atoms with Crippen LogP contribution in [0, 0.1) is 0 Å². The van der Waals surface area contributed by atoms with Gasteiger partial charge in [0, 0.05) is 18.2 Å². The highest BCUT2D eigenvalue weighted by atomic mass is 32.2. The number of anilines is 1. The Morgan fingerprint density at radius 1 is 0.909 bits per heavy atom. The fourth-order valence-electron chi connectivity index (χ4n) is 3.94. The Kier molecular flexibility index (Phi) is 4.81. The highest BCUT2D eigenvalue weighted by Crippen LogP contribution is 2.34. The topological polar surface area (TPSA) is 148 Å². The summed E-state index contributed by atoms with van der Waals surface area (Å²) in [6.45, 7) is 0.670. The first-order chi connectivity index (χ1) is 15.7. The normalized spacial score (nSPS) is 19.9. The van der Waals surface area contributed by atoms with E-state index in [1.807, 2.05) is 0 Å². The van der Waals surface area contributed by atoms with Gasteiger partial charge in [-0.3, -0.25) is 34.1 Å². The molecule has 0 radical (unpaired) electrons. The van der Waals surface area contributed by atoms with E-state index >= 15 is 0 Å². The molecule has 0 spiro atoms. The Balaban J connectivity index is 1.40. The van der Waals surface area contributed by atoms with Gasteiger partial charge < -0.3 is 9.47 Å². The van der Waals surface area contributed by atoms with Crippen LogP contribution in [0.4, 0.5) is 5.69 Å². The van der Waals surface area contributed by atoms with Gasteiger partial charge in [-0.05, 0) is 36.8 Å². The maximum Gasteiger partial charge on any atom is 0.262 e. The van der Waals surface area contributed by atoms with Gasteiger partial charge in [-0.2, -0.15) is 0 Å². The van der Waals surface area contributed by atoms with E-state index in [0.29, 0.717) is 24.7 Å². The van der Waals surface area contributed by atoms with Gasteiger partial charge in [0.25, 0.3) is 21.8 Å². The average molecular weight is 471 g/mol. The first-order valence-corrected chi connectivity index (χ1v) is 11.5. The molecule has 3 heterocycles. The number of ether oxygens (including phenoxy) is 2. The summed E-state index contributed by atoms with van der Waals surface area (Å²) in [5.74, 6) is -1.85. The smallest absolute Gasteiger partial charge is 0.262 e. The Morgan fingerprint density at radius 2 is 1.64 bits per heavy atom. The molecule has 0 bridgehead atoms. The van der Waals surface area contributed by atoms with Crippen LogP contribution in [-0.2, 0) is 19.6 Å². The van der Waals surface area contributed by atoms with Gasteiger partial charge in [-0.25, -0.2) is 8.42 Å². The van der Waals surface area contributed by atoms with E-state index in [4.69, 9.17) is 9.47 Å². The molecular weight excluding hydrogens is 454 g/mol. The van der Waals surface area contributed by atoms with Crippen LogP contribution in [0.1, 0.15) is 33.6 Å². The Morgan fingerprint density at radius 3 is 2.39 bits per heavy atom. The van der Waals surface area contributed by atoms with Gasteiger partial charge in [-0.15, -0.1) is 0 Å². The number of nitrogens with zero attached hydrogens (tertiary/aromatic N) is 1. The molecule has 1 fully saturated rings. The number of rotatable bonds is 4. The number of imide groups is 2. The lowest BCUT2D eigenvalue weighted by molar-refractivity contribution is -0.136.